The fourth-order valence-corrected chi connectivity index (χ4v) is 1.30. The molecular formula is C12H25NO2. The molecule has 0 aromatic rings. The van der Waals surface area contributed by atoms with E-state index >= 15 is 0 Å². The van der Waals surface area contributed by atoms with Gasteiger partial charge in [0.25, 0.3) is 0 Å². The number of hydrogen-bond acceptors (Lipinski definition) is 2. The minimum Gasteiger partial charge on any atom is -0.388 e. The summed E-state index contributed by atoms with van der Waals surface area (Å²) in [6, 6.07) is 0. The molecule has 0 aliphatic rings. The predicted molar refractivity (Wildman–Crippen MR) is 62.6 cm³/mol. The second-order valence-corrected chi connectivity index (χ2v) is 4.43. The Morgan fingerprint density at radius 2 is 1.87 bits per heavy atom. The Morgan fingerprint density at radius 1 is 1.33 bits per heavy atom. The van der Waals surface area contributed by atoms with Crippen molar-refractivity contribution < 1.29 is 9.90 Å². The SMILES string of the molecule is CCC(C)CC(=O)NCC(O)(CC)CC. The summed E-state index contributed by atoms with van der Waals surface area (Å²) in [5.41, 5.74) is -0.731. The van der Waals surface area contributed by atoms with E-state index in [9.17, 15) is 9.90 Å². The topological polar surface area (TPSA) is 49.3 Å². The maximum atomic E-state index is 11.5. The first-order valence-electron chi connectivity index (χ1n) is 5.96. The lowest BCUT2D eigenvalue weighted by Gasteiger charge is -2.25. The number of rotatable bonds is 7. The molecule has 90 valence electrons. The molecule has 1 amide bonds. The molecule has 3 heteroatoms. The van der Waals surface area contributed by atoms with Crippen LogP contribution in [0.3, 0.4) is 0 Å². The lowest BCUT2D eigenvalue weighted by atomic mass is 9.97. The fourth-order valence-electron chi connectivity index (χ4n) is 1.30. The molecule has 0 saturated carbocycles. The molecular weight excluding hydrogens is 190 g/mol. The van der Waals surface area contributed by atoms with Crippen LogP contribution in [0.2, 0.25) is 0 Å². The van der Waals surface area contributed by atoms with Crippen LogP contribution in [0.1, 0.15) is 53.4 Å². The van der Waals surface area contributed by atoms with Crippen molar-refractivity contribution in [2.75, 3.05) is 6.54 Å². The van der Waals surface area contributed by atoms with Gasteiger partial charge in [-0.2, -0.15) is 0 Å². The zero-order valence-electron chi connectivity index (χ0n) is 10.5. The molecule has 2 N–H and O–H groups in total. The predicted octanol–water partition coefficient (Wildman–Crippen LogP) is 2.09. The van der Waals surface area contributed by atoms with Gasteiger partial charge in [-0.1, -0.05) is 34.1 Å². The van der Waals surface area contributed by atoms with E-state index in [-0.39, 0.29) is 5.91 Å². The van der Waals surface area contributed by atoms with E-state index < -0.39 is 5.60 Å². The first-order chi connectivity index (χ1) is 6.97. The van der Waals surface area contributed by atoms with Gasteiger partial charge in [0.1, 0.15) is 0 Å². The molecule has 0 spiro atoms. The Hall–Kier alpha value is -0.570. The third kappa shape index (κ3) is 5.78. The highest BCUT2D eigenvalue weighted by Crippen LogP contribution is 2.13. The summed E-state index contributed by atoms with van der Waals surface area (Å²) >= 11 is 0. The monoisotopic (exact) mass is 215 g/mol. The van der Waals surface area contributed by atoms with Crippen LogP contribution in [0, 0.1) is 5.92 Å². The molecule has 0 aliphatic carbocycles. The third-order valence-corrected chi connectivity index (χ3v) is 3.16. The lowest BCUT2D eigenvalue weighted by molar-refractivity contribution is -0.123. The third-order valence-electron chi connectivity index (χ3n) is 3.16. The molecule has 3 nitrogen and oxygen atoms in total. The average molecular weight is 215 g/mol. The van der Waals surface area contributed by atoms with Crippen molar-refractivity contribution in [1.82, 2.24) is 5.32 Å². The van der Waals surface area contributed by atoms with Crippen LogP contribution < -0.4 is 5.32 Å². The van der Waals surface area contributed by atoms with Gasteiger partial charge in [-0.3, -0.25) is 4.79 Å². The second-order valence-electron chi connectivity index (χ2n) is 4.43. The van der Waals surface area contributed by atoms with Gasteiger partial charge in [0.05, 0.1) is 5.60 Å². The van der Waals surface area contributed by atoms with Gasteiger partial charge in [-0.25, -0.2) is 0 Å². The zero-order chi connectivity index (χ0) is 11.9. The molecule has 0 saturated heterocycles. The molecule has 0 aliphatic heterocycles. The van der Waals surface area contributed by atoms with Crippen molar-refractivity contribution in [3.8, 4) is 0 Å². The fraction of sp³-hybridized carbons (Fsp3) is 0.917. The molecule has 1 atom stereocenters. The molecule has 0 fully saturated rings. The van der Waals surface area contributed by atoms with E-state index in [0.29, 0.717) is 31.7 Å². The van der Waals surface area contributed by atoms with Crippen molar-refractivity contribution in [3.05, 3.63) is 0 Å². The minimum atomic E-state index is -0.731. The standard InChI is InChI=1S/C12H25NO2/c1-5-10(4)8-11(14)13-9-12(15,6-2)7-3/h10,15H,5-9H2,1-4H3,(H,13,14). The summed E-state index contributed by atoms with van der Waals surface area (Å²) in [5, 5.41) is 12.8. The molecule has 1 unspecified atom stereocenters. The Morgan fingerprint density at radius 3 is 2.27 bits per heavy atom. The van der Waals surface area contributed by atoms with Gasteiger partial charge in [0.15, 0.2) is 0 Å². The van der Waals surface area contributed by atoms with Crippen LogP contribution in [-0.4, -0.2) is 23.2 Å². The van der Waals surface area contributed by atoms with Crippen LogP contribution >= 0.6 is 0 Å². The molecule has 0 aromatic carbocycles. The second kappa shape index (κ2) is 6.83. The Labute approximate surface area is 93.3 Å². The highest BCUT2D eigenvalue weighted by atomic mass is 16.3. The molecule has 15 heavy (non-hydrogen) atoms. The van der Waals surface area contributed by atoms with Crippen LogP contribution in [0.5, 0.6) is 0 Å². The van der Waals surface area contributed by atoms with Crippen molar-refractivity contribution in [1.29, 1.82) is 0 Å². The van der Waals surface area contributed by atoms with E-state index in [0.717, 1.165) is 6.42 Å². The van der Waals surface area contributed by atoms with Crippen molar-refractivity contribution >= 4 is 5.91 Å². The number of carbonyl (C=O) groups excluding carboxylic acids is 1. The number of amides is 1. The zero-order valence-corrected chi connectivity index (χ0v) is 10.5. The Kier molecular flexibility index (Phi) is 6.57. The highest BCUT2D eigenvalue weighted by molar-refractivity contribution is 5.76. The molecule has 0 bridgehead atoms. The normalized spacial score (nSPS) is 13.7. The molecule has 0 rings (SSSR count). The van der Waals surface area contributed by atoms with Crippen LogP contribution in [0.15, 0.2) is 0 Å². The summed E-state index contributed by atoms with van der Waals surface area (Å²) in [7, 11) is 0. The molecule has 0 heterocycles. The van der Waals surface area contributed by atoms with Crippen molar-refractivity contribution in [2.24, 2.45) is 5.92 Å². The van der Waals surface area contributed by atoms with E-state index in [2.05, 4.69) is 19.2 Å². The van der Waals surface area contributed by atoms with Crippen molar-refractivity contribution in [2.45, 2.75) is 59.0 Å². The summed E-state index contributed by atoms with van der Waals surface area (Å²) in [6.45, 7) is 8.38. The Bertz CT molecular complexity index is 188. The number of carbonyl (C=O) groups is 1. The maximum Gasteiger partial charge on any atom is 0.220 e. The summed E-state index contributed by atoms with van der Waals surface area (Å²) in [6.07, 6.45) is 2.92. The Balaban J connectivity index is 3.89. The highest BCUT2D eigenvalue weighted by Gasteiger charge is 2.22. The largest absolute Gasteiger partial charge is 0.388 e. The van der Waals surface area contributed by atoms with Gasteiger partial charge in [-0.15, -0.1) is 0 Å². The van der Waals surface area contributed by atoms with Crippen LogP contribution in [-0.2, 0) is 4.79 Å². The summed E-state index contributed by atoms with van der Waals surface area (Å²) in [5.74, 6) is 0.464. The minimum absolute atomic E-state index is 0.0460. The summed E-state index contributed by atoms with van der Waals surface area (Å²) in [4.78, 5) is 11.5. The number of hydrogen-bond donors (Lipinski definition) is 2. The van der Waals surface area contributed by atoms with Gasteiger partial charge in [0.2, 0.25) is 5.91 Å². The summed E-state index contributed by atoms with van der Waals surface area (Å²) < 4.78 is 0. The quantitative estimate of drug-likeness (QED) is 0.683. The first kappa shape index (κ1) is 14.4. The van der Waals surface area contributed by atoms with Crippen molar-refractivity contribution in [3.63, 3.8) is 0 Å². The van der Waals surface area contributed by atoms with Gasteiger partial charge in [-0.05, 0) is 18.8 Å². The molecule has 0 aromatic heterocycles. The van der Waals surface area contributed by atoms with Gasteiger partial charge < -0.3 is 10.4 Å². The van der Waals surface area contributed by atoms with Crippen LogP contribution in [0.25, 0.3) is 0 Å². The maximum absolute atomic E-state index is 11.5. The lowest BCUT2D eigenvalue weighted by Crippen LogP contribution is -2.42. The smallest absolute Gasteiger partial charge is 0.220 e. The van der Waals surface area contributed by atoms with Gasteiger partial charge in [0, 0.05) is 13.0 Å². The van der Waals surface area contributed by atoms with Gasteiger partial charge >= 0.3 is 0 Å². The first-order valence-corrected chi connectivity index (χ1v) is 5.96. The molecule has 0 radical (unpaired) electrons. The number of nitrogens with one attached hydrogen (secondary N) is 1. The van der Waals surface area contributed by atoms with E-state index in [1.54, 1.807) is 0 Å². The van der Waals surface area contributed by atoms with E-state index in [4.69, 9.17) is 0 Å². The average Bonchev–Trinajstić information content (AvgIpc) is 2.25. The van der Waals surface area contributed by atoms with Crippen LogP contribution in [0.4, 0.5) is 0 Å². The van der Waals surface area contributed by atoms with E-state index in [1.807, 2.05) is 13.8 Å². The number of aliphatic hydroxyl groups is 1. The van der Waals surface area contributed by atoms with E-state index in [1.165, 1.54) is 0 Å².